The Morgan fingerprint density at radius 2 is 2.03 bits per heavy atom. The first-order chi connectivity index (χ1) is 14.6. The van der Waals surface area contributed by atoms with Gasteiger partial charge in [0.05, 0.1) is 25.3 Å². The average molecular weight is 403 g/mol. The third-order valence-corrected chi connectivity index (χ3v) is 6.07. The minimum absolute atomic E-state index is 0.0270. The molecule has 3 aromatic rings. The van der Waals surface area contributed by atoms with E-state index in [1.807, 2.05) is 35.4 Å². The van der Waals surface area contributed by atoms with E-state index in [0.29, 0.717) is 12.2 Å². The first-order valence-corrected chi connectivity index (χ1v) is 10.2. The fourth-order valence-corrected chi connectivity index (χ4v) is 4.64. The number of benzene rings is 2. The van der Waals surface area contributed by atoms with Gasteiger partial charge in [-0.2, -0.15) is 0 Å². The van der Waals surface area contributed by atoms with Crippen molar-refractivity contribution in [1.29, 1.82) is 0 Å². The molecule has 2 aliphatic rings. The second-order valence-corrected chi connectivity index (χ2v) is 7.88. The minimum Gasteiger partial charge on any atom is -0.497 e. The molecule has 1 aromatic heterocycles. The Kier molecular flexibility index (Phi) is 4.69. The van der Waals surface area contributed by atoms with Crippen LogP contribution in [0.2, 0.25) is 0 Å². The molecule has 2 aliphatic heterocycles. The molecule has 1 saturated heterocycles. The lowest BCUT2D eigenvalue weighted by Crippen LogP contribution is -2.43. The zero-order valence-corrected chi connectivity index (χ0v) is 16.7. The van der Waals surface area contributed by atoms with E-state index in [1.54, 1.807) is 19.2 Å². The monoisotopic (exact) mass is 403 g/mol. The smallest absolute Gasteiger partial charge is 0.227 e. The number of fused-ring (bicyclic) bond motifs is 4. The zero-order chi connectivity index (χ0) is 20.7. The number of aromatic nitrogens is 2. The maximum absolute atomic E-state index is 13.2. The molecule has 2 unspecified atom stereocenters. The standard InChI is InChI=1S/C24H22FN3O2/c1-30-19-4-2-3-15(11-19)12-23(29)28-18-9-10-22(28)20-14-26-24(27-21(20)13-18)16-5-7-17(25)8-6-16/h2-8,11,14,18,22H,9-10,12-13H2,1H3. The molecule has 152 valence electrons. The summed E-state index contributed by atoms with van der Waals surface area (Å²) in [6.45, 7) is 0. The van der Waals surface area contributed by atoms with Gasteiger partial charge in [-0.15, -0.1) is 0 Å². The van der Waals surface area contributed by atoms with Crippen LogP contribution in [0.1, 0.15) is 35.7 Å². The maximum atomic E-state index is 13.2. The summed E-state index contributed by atoms with van der Waals surface area (Å²) in [6, 6.07) is 14.1. The second-order valence-electron chi connectivity index (χ2n) is 7.88. The SMILES string of the molecule is COc1cccc(CC(=O)N2C3CCC2c2cnc(-c4ccc(F)cc4)nc2C3)c1. The number of carbonyl (C=O) groups excluding carboxylic acids is 1. The number of halogens is 1. The van der Waals surface area contributed by atoms with E-state index in [0.717, 1.165) is 47.4 Å². The Morgan fingerprint density at radius 1 is 1.20 bits per heavy atom. The van der Waals surface area contributed by atoms with E-state index < -0.39 is 0 Å². The highest BCUT2D eigenvalue weighted by molar-refractivity contribution is 5.80. The molecule has 2 atom stereocenters. The number of amides is 1. The van der Waals surface area contributed by atoms with E-state index in [1.165, 1.54) is 12.1 Å². The van der Waals surface area contributed by atoms with Crippen LogP contribution < -0.4 is 4.74 Å². The van der Waals surface area contributed by atoms with Crippen LogP contribution in [-0.4, -0.2) is 33.9 Å². The molecular weight excluding hydrogens is 381 g/mol. The Bertz CT molecular complexity index is 1100. The third kappa shape index (κ3) is 3.32. The topological polar surface area (TPSA) is 55.3 Å². The molecule has 3 heterocycles. The third-order valence-electron chi connectivity index (χ3n) is 6.07. The fourth-order valence-electron chi connectivity index (χ4n) is 4.64. The van der Waals surface area contributed by atoms with Gasteiger partial charge in [-0.05, 0) is 54.8 Å². The van der Waals surface area contributed by atoms with Crippen LogP contribution in [0.25, 0.3) is 11.4 Å². The highest BCUT2D eigenvalue weighted by atomic mass is 19.1. The number of hydrogen-bond donors (Lipinski definition) is 0. The number of methoxy groups -OCH3 is 1. The highest BCUT2D eigenvalue weighted by Gasteiger charge is 2.43. The van der Waals surface area contributed by atoms with Crippen LogP contribution in [0.15, 0.2) is 54.7 Å². The van der Waals surface area contributed by atoms with Crippen molar-refractivity contribution in [2.45, 2.75) is 37.8 Å². The fraction of sp³-hybridized carbons (Fsp3) is 0.292. The van der Waals surface area contributed by atoms with Crippen molar-refractivity contribution in [2.75, 3.05) is 7.11 Å². The largest absolute Gasteiger partial charge is 0.497 e. The summed E-state index contributed by atoms with van der Waals surface area (Å²) in [5.74, 6) is 1.21. The van der Waals surface area contributed by atoms with Crippen molar-refractivity contribution >= 4 is 5.91 Å². The molecule has 5 nitrogen and oxygen atoms in total. The summed E-state index contributed by atoms with van der Waals surface area (Å²) in [7, 11) is 1.63. The molecule has 0 spiro atoms. The summed E-state index contributed by atoms with van der Waals surface area (Å²) in [5, 5.41) is 0. The van der Waals surface area contributed by atoms with Crippen molar-refractivity contribution in [3.8, 4) is 17.1 Å². The van der Waals surface area contributed by atoms with Crippen LogP contribution in [0.5, 0.6) is 5.75 Å². The molecule has 6 heteroatoms. The molecule has 30 heavy (non-hydrogen) atoms. The first-order valence-electron chi connectivity index (χ1n) is 10.2. The Morgan fingerprint density at radius 3 is 2.83 bits per heavy atom. The predicted molar refractivity (Wildman–Crippen MR) is 110 cm³/mol. The van der Waals surface area contributed by atoms with Gasteiger partial charge >= 0.3 is 0 Å². The predicted octanol–water partition coefficient (Wildman–Crippen LogP) is 4.12. The number of carbonyl (C=O) groups is 1. The number of hydrogen-bond acceptors (Lipinski definition) is 4. The minimum atomic E-state index is -0.278. The molecule has 2 bridgehead atoms. The first kappa shape index (κ1) is 18.7. The van der Waals surface area contributed by atoms with Gasteiger partial charge in [0.1, 0.15) is 11.6 Å². The quantitative estimate of drug-likeness (QED) is 0.658. The summed E-state index contributed by atoms with van der Waals surface area (Å²) >= 11 is 0. The number of nitrogens with zero attached hydrogens (tertiary/aromatic N) is 3. The lowest BCUT2D eigenvalue weighted by Gasteiger charge is -2.36. The van der Waals surface area contributed by atoms with Crippen LogP contribution in [0.4, 0.5) is 4.39 Å². The number of ether oxygens (including phenoxy) is 1. The molecule has 1 amide bonds. The van der Waals surface area contributed by atoms with E-state index in [4.69, 9.17) is 9.72 Å². The molecule has 5 rings (SSSR count). The van der Waals surface area contributed by atoms with Gasteiger partial charge in [-0.3, -0.25) is 4.79 Å². The van der Waals surface area contributed by atoms with Crippen molar-refractivity contribution < 1.29 is 13.9 Å². The van der Waals surface area contributed by atoms with Crippen molar-refractivity contribution in [3.05, 3.63) is 77.4 Å². The molecule has 1 fully saturated rings. The van der Waals surface area contributed by atoms with Gasteiger partial charge in [-0.1, -0.05) is 12.1 Å². The molecule has 0 saturated carbocycles. The van der Waals surface area contributed by atoms with E-state index in [-0.39, 0.29) is 23.8 Å². The maximum Gasteiger partial charge on any atom is 0.227 e. The van der Waals surface area contributed by atoms with Gasteiger partial charge in [0.25, 0.3) is 0 Å². The molecule has 0 radical (unpaired) electrons. The van der Waals surface area contributed by atoms with Gasteiger partial charge in [0.2, 0.25) is 5.91 Å². The van der Waals surface area contributed by atoms with Crippen molar-refractivity contribution in [1.82, 2.24) is 14.9 Å². The average Bonchev–Trinajstić information content (AvgIpc) is 3.09. The van der Waals surface area contributed by atoms with Crippen molar-refractivity contribution in [2.24, 2.45) is 0 Å². The normalized spacial score (nSPS) is 19.5. The summed E-state index contributed by atoms with van der Waals surface area (Å²) in [5.41, 5.74) is 3.78. The van der Waals surface area contributed by atoms with Gasteiger partial charge in [-0.25, -0.2) is 14.4 Å². The van der Waals surface area contributed by atoms with Crippen LogP contribution in [0, 0.1) is 5.82 Å². The van der Waals surface area contributed by atoms with E-state index in [2.05, 4.69) is 4.98 Å². The summed E-state index contributed by atoms with van der Waals surface area (Å²) in [6.07, 6.45) is 4.83. The molecule has 0 aliphatic carbocycles. The molecular formula is C24H22FN3O2. The summed E-state index contributed by atoms with van der Waals surface area (Å²) in [4.78, 5) is 24.5. The Labute approximate surface area is 174 Å². The van der Waals surface area contributed by atoms with E-state index >= 15 is 0 Å². The lowest BCUT2D eigenvalue weighted by atomic mass is 9.97. The van der Waals surface area contributed by atoms with Gasteiger partial charge in [0.15, 0.2) is 5.82 Å². The highest BCUT2D eigenvalue weighted by Crippen LogP contribution is 2.43. The van der Waals surface area contributed by atoms with Gasteiger partial charge in [0, 0.05) is 29.8 Å². The van der Waals surface area contributed by atoms with Crippen LogP contribution in [0.3, 0.4) is 0 Å². The van der Waals surface area contributed by atoms with Crippen molar-refractivity contribution in [3.63, 3.8) is 0 Å². The second kappa shape index (κ2) is 7.52. The lowest BCUT2D eigenvalue weighted by molar-refractivity contribution is -0.134. The molecule has 0 N–H and O–H groups in total. The van der Waals surface area contributed by atoms with Crippen LogP contribution in [-0.2, 0) is 17.6 Å². The zero-order valence-electron chi connectivity index (χ0n) is 16.7. The van der Waals surface area contributed by atoms with Crippen LogP contribution >= 0.6 is 0 Å². The Hall–Kier alpha value is -3.28. The van der Waals surface area contributed by atoms with Gasteiger partial charge < -0.3 is 9.64 Å². The Balaban J connectivity index is 1.40. The summed E-state index contributed by atoms with van der Waals surface area (Å²) < 4.78 is 18.5. The molecule has 2 aromatic carbocycles. The number of rotatable bonds is 4. The van der Waals surface area contributed by atoms with E-state index in [9.17, 15) is 9.18 Å².